The van der Waals surface area contributed by atoms with E-state index in [-0.39, 0.29) is 23.8 Å². The van der Waals surface area contributed by atoms with Crippen LogP contribution in [0, 0.1) is 11.6 Å². The smallest absolute Gasteiger partial charge is 0.271 e. The number of fused-ring (bicyclic) bond motifs is 1. The van der Waals surface area contributed by atoms with Crippen LogP contribution >= 0.6 is 22.7 Å². The highest BCUT2D eigenvalue weighted by molar-refractivity contribution is 7.10. The number of ether oxygens (including phenoxy) is 2. The van der Waals surface area contributed by atoms with Gasteiger partial charge in [0.15, 0.2) is 16.4 Å². The summed E-state index contributed by atoms with van der Waals surface area (Å²) in [6.07, 6.45) is 1.74. The maximum Gasteiger partial charge on any atom is 0.271 e. The number of thiazole rings is 1. The Morgan fingerprint density at radius 3 is 2.57 bits per heavy atom. The molecule has 6 rings (SSSR count). The zero-order chi connectivity index (χ0) is 30.8. The fourth-order valence-electron chi connectivity index (χ4n) is 4.95. The lowest BCUT2D eigenvalue weighted by Crippen LogP contribution is -2.40. The first-order valence-electron chi connectivity index (χ1n) is 13.5. The summed E-state index contributed by atoms with van der Waals surface area (Å²) in [5.41, 5.74) is 2.56. The summed E-state index contributed by atoms with van der Waals surface area (Å²) in [6.45, 7) is 1.73. The van der Waals surface area contributed by atoms with Crippen LogP contribution < -0.4 is 29.7 Å². The van der Waals surface area contributed by atoms with Gasteiger partial charge in [0.25, 0.3) is 11.5 Å². The fourth-order valence-corrected chi connectivity index (χ4v) is 6.82. The number of thiophene rings is 1. The number of carbonyl (C=O) groups excluding carboxylic acids is 1. The summed E-state index contributed by atoms with van der Waals surface area (Å²) in [7, 11) is 1.51. The first-order chi connectivity index (χ1) is 21.3. The number of allylic oxidation sites excluding steroid dienone is 1. The van der Waals surface area contributed by atoms with Crippen LogP contribution in [0.3, 0.4) is 0 Å². The van der Waals surface area contributed by atoms with Crippen molar-refractivity contribution >= 4 is 40.3 Å². The Balaban J connectivity index is 1.37. The number of para-hydroxylation sites is 1. The number of nitrogens with one attached hydrogen (secondary N) is 1. The first kappa shape index (κ1) is 29.2. The first-order valence-corrected chi connectivity index (χ1v) is 15.2. The molecule has 1 amide bonds. The molecule has 222 valence electrons. The molecule has 2 aromatic heterocycles. The maximum absolute atomic E-state index is 14.1. The van der Waals surface area contributed by atoms with Crippen molar-refractivity contribution in [2.75, 3.05) is 12.4 Å². The minimum Gasteiger partial charge on any atom is -0.496 e. The molecule has 3 heterocycles. The normalized spacial score (nSPS) is 14.6. The zero-order valence-electron chi connectivity index (χ0n) is 23.5. The van der Waals surface area contributed by atoms with E-state index in [1.54, 1.807) is 47.9 Å². The highest BCUT2D eigenvalue weighted by atomic mass is 32.1. The van der Waals surface area contributed by atoms with E-state index >= 15 is 0 Å². The highest BCUT2D eigenvalue weighted by Gasteiger charge is 2.33. The molecule has 44 heavy (non-hydrogen) atoms. The van der Waals surface area contributed by atoms with E-state index in [1.807, 2.05) is 35.7 Å². The molecule has 0 fully saturated rings. The number of anilines is 1. The summed E-state index contributed by atoms with van der Waals surface area (Å²) in [6, 6.07) is 20.7. The van der Waals surface area contributed by atoms with Gasteiger partial charge in [0.1, 0.15) is 24.2 Å². The second-order valence-corrected chi connectivity index (χ2v) is 11.8. The Labute approximate surface area is 258 Å². The second kappa shape index (κ2) is 12.4. The van der Waals surface area contributed by atoms with E-state index in [0.29, 0.717) is 43.2 Å². The van der Waals surface area contributed by atoms with Crippen molar-refractivity contribution in [2.45, 2.75) is 19.6 Å². The van der Waals surface area contributed by atoms with E-state index < -0.39 is 17.7 Å². The molecule has 3 aromatic carbocycles. The Morgan fingerprint density at radius 1 is 1.05 bits per heavy atom. The number of nitrogens with zero attached hydrogens (tertiary/aromatic N) is 2. The lowest BCUT2D eigenvalue weighted by atomic mass is 10.0. The standard InChI is InChI=1S/C33H25F2N3O4S2/c1-19-29(31(39)37-23-7-4-3-5-8-23)30(27-9-6-14-43-27)38-32(40)28(44-33(38)36-19)16-20-10-12-25(41-2)21(15-20)18-42-26-13-11-22(34)17-24(26)35/h3-17,30H,18H2,1-2H3,(H,37,39)/b28-16+/t30-/m1/s1. The molecule has 0 bridgehead atoms. The quantitative estimate of drug-likeness (QED) is 0.235. The molecule has 5 aromatic rings. The molecule has 0 saturated heterocycles. The van der Waals surface area contributed by atoms with Crippen LogP contribution in [0.15, 0.2) is 105 Å². The number of rotatable bonds is 8. The molecule has 0 spiro atoms. The summed E-state index contributed by atoms with van der Waals surface area (Å²) in [4.78, 5) is 33.5. The number of methoxy groups -OCH3 is 1. The van der Waals surface area contributed by atoms with Gasteiger partial charge in [-0.15, -0.1) is 11.3 Å². The minimum absolute atomic E-state index is 0.0495. The van der Waals surface area contributed by atoms with E-state index in [4.69, 9.17) is 9.47 Å². The SMILES string of the molecule is COc1ccc(/C=c2/sc3n(c2=O)[C@H](c2cccs2)C(C(=O)Nc2ccccc2)=C(C)N=3)cc1COc1ccc(F)cc1F. The van der Waals surface area contributed by atoms with Crippen LogP contribution in [0.4, 0.5) is 14.5 Å². The number of hydrogen-bond donors (Lipinski definition) is 1. The van der Waals surface area contributed by atoms with Gasteiger partial charge in [-0.1, -0.05) is 41.7 Å². The molecular formula is C33H25F2N3O4S2. The van der Waals surface area contributed by atoms with Crippen LogP contribution in [0.2, 0.25) is 0 Å². The molecule has 1 N–H and O–H groups in total. The average Bonchev–Trinajstić information content (AvgIpc) is 3.65. The van der Waals surface area contributed by atoms with Gasteiger partial charge in [0, 0.05) is 22.2 Å². The molecule has 1 aliphatic rings. The van der Waals surface area contributed by atoms with Gasteiger partial charge in [0.05, 0.1) is 22.9 Å². The van der Waals surface area contributed by atoms with Crippen LogP contribution in [-0.2, 0) is 11.4 Å². The van der Waals surface area contributed by atoms with Crippen molar-refractivity contribution in [3.05, 3.63) is 143 Å². The number of amides is 1. The number of aromatic nitrogens is 1. The molecule has 1 aliphatic heterocycles. The largest absolute Gasteiger partial charge is 0.496 e. The van der Waals surface area contributed by atoms with E-state index in [0.717, 1.165) is 17.0 Å². The van der Waals surface area contributed by atoms with Crippen molar-refractivity contribution < 1.29 is 23.0 Å². The lowest BCUT2D eigenvalue weighted by molar-refractivity contribution is -0.113. The van der Waals surface area contributed by atoms with Gasteiger partial charge >= 0.3 is 0 Å². The van der Waals surface area contributed by atoms with Gasteiger partial charge in [-0.2, -0.15) is 0 Å². The average molecular weight is 630 g/mol. The molecule has 1 atom stereocenters. The Bertz CT molecular complexity index is 2070. The van der Waals surface area contributed by atoms with E-state index in [1.165, 1.54) is 35.8 Å². The predicted molar refractivity (Wildman–Crippen MR) is 167 cm³/mol. The highest BCUT2D eigenvalue weighted by Crippen LogP contribution is 2.33. The molecule has 0 saturated carbocycles. The number of carbonyl (C=O) groups is 1. The van der Waals surface area contributed by atoms with Gasteiger partial charge in [0.2, 0.25) is 0 Å². The van der Waals surface area contributed by atoms with Gasteiger partial charge in [-0.25, -0.2) is 13.8 Å². The van der Waals surface area contributed by atoms with Gasteiger partial charge in [-0.05, 0) is 66.4 Å². The van der Waals surface area contributed by atoms with Gasteiger partial charge < -0.3 is 14.8 Å². The molecule has 7 nitrogen and oxygen atoms in total. The summed E-state index contributed by atoms with van der Waals surface area (Å²) < 4.78 is 40.5. The molecule has 0 aliphatic carbocycles. The predicted octanol–water partition coefficient (Wildman–Crippen LogP) is 5.80. The van der Waals surface area contributed by atoms with Crippen molar-refractivity contribution in [1.29, 1.82) is 0 Å². The zero-order valence-corrected chi connectivity index (χ0v) is 25.2. The number of halogens is 2. The van der Waals surface area contributed by atoms with Crippen LogP contribution in [0.25, 0.3) is 6.08 Å². The third-order valence-corrected chi connectivity index (χ3v) is 8.90. The topological polar surface area (TPSA) is 81.9 Å². The van der Waals surface area contributed by atoms with Gasteiger partial charge in [-0.3, -0.25) is 14.2 Å². The monoisotopic (exact) mass is 629 g/mol. The van der Waals surface area contributed by atoms with Crippen LogP contribution in [-0.4, -0.2) is 17.6 Å². The minimum atomic E-state index is -0.811. The summed E-state index contributed by atoms with van der Waals surface area (Å²) >= 11 is 2.69. The molecule has 0 unspecified atom stereocenters. The van der Waals surface area contributed by atoms with Crippen LogP contribution in [0.1, 0.15) is 29.0 Å². The Hall–Kier alpha value is -4.87. The lowest BCUT2D eigenvalue weighted by Gasteiger charge is -2.24. The van der Waals surface area contributed by atoms with Crippen molar-refractivity contribution in [2.24, 2.45) is 4.99 Å². The van der Waals surface area contributed by atoms with Crippen LogP contribution in [0.5, 0.6) is 11.5 Å². The van der Waals surface area contributed by atoms with E-state index in [9.17, 15) is 18.4 Å². The Morgan fingerprint density at radius 2 is 1.84 bits per heavy atom. The van der Waals surface area contributed by atoms with E-state index in [2.05, 4.69) is 10.3 Å². The number of hydrogen-bond acceptors (Lipinski definition) is 7. The van der Waals surface area contributed by atoms with Crippen molar-refractivity contribution in [3.8, 4) is 11.5 Å². The third kappa shape index (κ3) is 5.84. The third-order valence-electron chi connectivity index (χ3n) is 6.99. The number of benzene rings is 3. The summed E-state index contributed by atoms with van der Waals surface area (Å²) in [5, 5.41) is 4.85. The fraction of sp³-hybridized carbons (Fsp3) is 0.121. The molecule has 0 radical (unpaired) electrons. The Kier molecular flexibility index (Phi) is 8.23. The maximum atomic E-state index is 14.1. The molecule has 11 heteroatoms. The summed E-state index contributed by atoms with van der Waals surface area (Å²) in [5.74, 6) is -1.43. The van der Waals surface area contributed by atoms with Crippen molar-refractivity contribution in [3.63, 3.8) is 0 Å². The molecular weight excluding hydrogens is 605 g/mol. The second-order valence-electron chi connectivity index (χ2n) is 9.85. The van der Waals surface area contributed by atoms with Crippen molar-refractivity contribution in [1.82, 2.24) is 4.57 Å².